The molecule has 0 amide bonds. The first-order valence-electron chi connectivity index (χ1n) is 10.3. The minimum Gasteiger partial charge on any atom is -0.371 e. The van der Waals surface area contributed by atoms with Gasteiger partial charge in [0.15, 0.2) is 5.78 Å². The van der Waals surface area contributed by atoms with E-state index in [1.54, 1.807) is 0 Å². The maximum absolute atomic E-state index is 13.6. The van der Waals surface area contributed by atoms with Crippen molar-refractivity contribution in [2.24, 2.45) is 0 Å². The lowest BCUT2D eigenvalue weighted by atomic mass is 9.83. The standard InChI is InChI=1S/C24H32N2O2/c1-4-26(5-2)24(3,17-19-9-7-6-8-10-19)23(27)21-13-11-20(12-14-21)22-18-25-15-16-28-22/h6-14,22,25H,4-5,15-18H2,1-3H3. The summed E-state index contributed by atoms with van der Waals surface area (Å²) in [5.74, 6) is 0.175. The van der Waals surface area contributed by atoms with Crippen LogP contribution in [0.25, 0.3) is 0 Å². The third-order valence-electron chi connectivity index (χ3n) is 5.81. The minimum absolute atomic E-state index is 0.0661. The summed E-state index contributed by atoms with van der Waals surface area (Å²) < 4.78 is 5.83. The van der Waals surface area contributed by atoms with Crippen LogP contribution in [0.5, 0.6) is 0 Å². The number of likely N-dealkylation sites (N-methyl/N-ethyl adjacent to an activating group) is 1. The van der Waals surface area contributed by atoms with Crippen molar-refractivity contribution in [1.29, 1.82) is 0 Å². The van der Waals surface area contributed by atoms with E-state index in [0.29, 0.717) is 6.42 Å². The molecular formula is C24H32N2O2. The Balaban J connectivity index is 1.85. The number of nitrogens with zero attached hydrogens (tertiary/aromatic N) is 1. The lowest BCUT2D eigenvalue weighted by Crippen LogP contribution is -2.54. The largest absolute Gasteiger partial charge is 0.371 e. The van der Waals surface area contributed by atoms with E-state index in [0.717, 1.165) is 43.9 Å². The highest BCUT2D eigenvalue weighted by Gasteiger charge is 2.38. The number of hydrogen-bond donors (Lipinski definition) is 1. The summed E-state index contributed by atoms with van der Waals surface area (Å²) in [6.45, 7) is 10.4. The molecule has 0 spiro atoms. The molecule has 0 radical (unpaired) electrons. The number of benzene rings is 2. The Hall–Kier alpha value is -2.01. The Bertz CT molecular complexity index is 750. The van der Waals surface area contributed by atoms with Gasteiger partial charge in [-0.3, -0.25) is 9.69 Å². The Morgan fingerprint density at radius 3 is 2.36 bits per heavy atom. The Labute approximate surface area is 168 Å². The molecule has 4 nitrogen and oxygen atoms in total. The second-order valence-electron chi connectivity index (χ2n) is 7.62. The zero-order valence-corrected chi connectivity index (χ0v) is 17.3. The minimum atomic E-state index is -0.574. The maximum atomic E-state index is 13.6. The zero-order valence-electron chi connectivity index (χ0n) is 17.3. The summed E-state index contributed by atoms with van der Waals surface area (Å²) >= 11 is 0. The van der Waals surface area contributed by atoms with Gasteiger partial charge in [-0.15, -0.1) is 0 Å². The van der Waals surface area contributed by atoms with Gasteiger partial charge >= 0.3 is 0 Å². The number of hydrogen-bond acceptors (Lipinski definition) is 4. The van der Waals surface area contributed by atoms with Crippen LogP contribution in [-0.2, 0) is 11.2 Å². The van der Waals surface area contributed by atoms with Crippen LogP contribution in [-0.4, -0.2) is 49.0 Å². The van der Waals surface area contributed by atoms with Crippen molar-refractivity contribution in [2.75, 3.05) is 32.8 Å². The molecular weight excluding hydrogens is 348 g/mol. The summed E-state index contributed by atoms with van der Waals surface area (Å²) in [7, 11) is 0. The van der Waals surface area contributed by atoms with Gasteiger partial charge in [0, 0.05) is 18.7 Å². The van der Waals surface area contributed by atoms with Gasteiger partial charge in [-0.25, -0.2) is 0 Å². The molecule has 150 valence electrons. The van der Waals surface area contributed by atoms with Gasteiger partial charge < -0.3 is 10.1 Å². The topological polar surface area (TPSA) is 41.6 Å². The van der Waals surface area contributed by atoms with E-state index in [1.165, 1.54) is 5.56 Å². The van der Waals surface area contributed by atoms with Crippen LogP contribution >= 0.6 is 0 Å². The maximum Gasteiger partial charge on any atom is 0.183 e. The van der Waals surface area contributed by atoms with E-state index >= 15 is 0 Å². The number of carbonyl (C=O) groups excluding carboxylic acids is 1. The monoisotopic (exact) mass is 380 g/mol. The van der Waals surface area contributed by atoms with Crippen molar-refractivity contribution in [3.8, 4) is 0 Å². The van der Waals surface area contributed by atoms with Crippen molar-refractivity contribution in [1.82, 2.24) is 10.2 Å². The summed E-state index contributed by atoms with van der Waals surface area (Å²) in [5, 5.41) is 3.35. The number of carbonyl (C=O) groups is 1. The molecule has 4 heteroatoms. The first-order valence-corrected chi connectivity index (χ1v) is 10.3. The molecule has 2 unspecified atom stereocenters. The molecule has 0 aliphatic carbocycles. The molecule has 1 heterocycles. The second-order valence-corrected chi connectivity index (χ2v) is 7.62. The molecule has 2 atom stereocenters. The zero-order chi connectivity index (χ0) is 20.0. The van der Waals surface area contributed by atoms with Crippen LogP contribution < -0.4 is 5.32 Å². The molecule has 1 aliphatic rings. The Morgan fingerprint density at radius 1 is 1.11 bits per heavy atom. The second kappa shape index (κ2) is 9.46. The molecule has 2 aromatic rings. The van der Waals surface area contributed by atoms with Crippen molar-refractivity contribution in [3.63, 3.8) is 0 Å². The number of rotatable bonds is 8. The van der Waals surface area contributed by atoms with Crippen LogP contribution in [0, 0.1) is 0 Å². The van der Waals surface area contributed by atoms with Gasteiger partial charge in [0.1, 0.15) is 0 Å². The average molecular weight is 381 g/mol. The lowest BCUT2D eigenvalue weighted by Gasteiger charge is -2.39. The van der Waals surface area contributed by atoms with Gasteiger partial charge in [-0.05, 0) is 37.6 Å². The smallest absolute Gasteiger partial charge is 0.183 e. The Kier molecular flexibility index (Phi) is 7.00. The third kappa shape index (κ3) is 4.52. The van der Waals surface area contributed by atoms with E-state index in [-0.39, 0.29) is 11.9 Å². The number of nitrogens with one attached hydrogen (secondary N) is 1. The molecule has 0 aromatic heterocycles. The summed E-state index contributed by atoms with van der Waals surface area (Å²) in [4.78, 5) is 15.9. The van der Waals surface area contributed by atoms with Crippen LogP contribution in [0.4, 0.5) is 0 Å². The van der Waals surface area contributed by atoms with Crippen LogP contribution in [0.15, 0.2) is 54.6 Å². The SMILES string of the molecule is CCN(CC)C(C)(Cc1ccccc1)C(=O)c1ccc(C2CNCCO2)cc1. The number of ether oxygens (including phenoxy) is 1. The predicted octanol–water partition coefficient (Wildman–Crippen LogP) is 3.87. The Morgan fingerprint density at radius 2 is 1.79 bits per heavy atom. The number of ketones is 1. The summed E-state index contributed by atoms with van der Waals surface area (Å²) in [6, 6.07) is 18.3. The number of morpholine rings is 1. The molecule has 1 fully saturated rings. The highest BCUT2D eigenvalue weighted by molar-refractivity contribution is 6.03. The molecule has 1 N–H and O–H groups in total. The fraction of sp³-hybridized carbons (Fsp3) is 0.458. The normalized spacial score (nSPS) is 19.4. The highest BCUT2D eigenvalue weighted by Crippen LogP contribution is 2.27. The van der Waals surface area contributed by atoms with Gasteiger partial charge in [-0.2, -0.15) is 0 Å². The number of Topliss-reactive ketones (excluding diaryl/α,β-unsaturated/α-hetero) is 1. The molecule has 3 rings (SSSR count). The molecule has 1 saturated heterocycles. The average Bonchev–Trinajstić information content (AvgIpc) is 2.75. The van der Waals surface area contributed by atoms with E-state index < -0.39 is 5.54 Å². The van der Waals surface area contributed by atoms with Gasteiger partial charge in [0.2, 0.25) is 0 Å². The first-order chi connectivity index (χ1) is 13.6. The molecule has 2 aromatic carbocycles. The van der Waals surface area contributed by atoms with Crippen LogP contribution in [0.1, 0.15) is 48.4 Å². The van der Waals surface area contributed by atoms with Crippen molar-refractivity contribution < 1.29 is 9.53 Å². The molecule has 1 aliphatic heterocycles. The quantitative estimate of drug-likeness (QED) is 0.706. The van der Waals surface area contributed by atoms with Gasteiger partial charge in [0.25, 0.3) is 0 Å². The third-order valence-corrected chi connectivity index (χ3v) is 5.81. The van der Waals surface area contributed by atoms with Crippen molar-refractivity contribution >= 4 is 5.78 Å². The summed E-state index contributed by atoms with van der Waals surface area (Å²) in [6.07, 6.45) is 0.766. The van der Waals surface area contributed by atoms with Crippen LogP contribution in [0.2, 0.25) is 0 Å². The molecule has 28 heavy (non-hydrogen) atoms. The van der Waals surface area contributed by atoms with E-state index in [9.17, 15) is 4.79 Å². The predicted molar refractivity (Wildman–Crippen MR) is 114 cm³/mol. The van der Waals surface area contributed by atoms with E-state index in [1.807, 2.05) is 42.5 Å². The van der Waals surface area contributed by atoms with Gasteiger partial charge in [0.05, 0.1) is 18.2 Å². The fourth-order valence-electron chi connectivity index (χ4n) is 4.19. The molecule has 0 saturated carbocycles. The van der Waals surface area contributed by atoms with Gasteiger partial charge in [-0.1, -0.05) is 68.4 Å². The van der Waals surface area contributed by atoms with Crippen LogP contribution in [0.3, 0.4) is 0 Å². The highest BCUT2D eigenvalue weighted by atomic mass is 16.5. The summed E-state index contributed by atoms with van der Waals surface area (Å²) in [5.41, 5.74) is 2.49. The fourth-order valence-corrected chi connectivity index (χ4v) is 4.19. The molecule has 0 bridgehead atoms. The lowest BCUT2D eigenvalue weighted by molar-refractivity contribution is 0.0277. The van der Waals surface area contributed by atoms with Crippen molar-refractivity contribution in [3.05, 3.63) is 71.3 Å². The van der Waals surface area contributed by atoms with E-state index in [2.05, 4.69) is 43.1 Å². The van der Waals surface area contributed by atoms with Crippen molar-refractivity contribution in [2.45, 2.75) is 38.8 Å². The van der Waals surface area contributed by atoms with E-state index in [4.69, 9.17) is 4.74 Å². The first kappa shape index (κ1) is 20.7.